The molecule has 1 saturated heterocycles. The van der Waals surface area contributed by atoms with E-state index in [2.05, 4.69) is 28.4 Å². The summed E-state index contributed by atoms with van der Waals surface area (Å²) in [5, 5.41) is 9.42. The van der Waals surface area contributed by atoms with E-state index in [4.69, 9.17) is 4.74 Å². The third-order valence-corrected chi connectivity index (χ3v) is 7.21. The van der Waals surface area contributed by atoms with Gasteiger partial charge in [0.2, 0.25) is 5.91 Å². The minimum Gasteiger partial charge on any atom is -0.376 e. The first kappa shape index (κ1) is 22.8. The van der Waals surface area contributed by atoms with E-state index in [0.717, 1.165) is 31.4 Å². The van der Waals surface area contributed by atoms with E-state index < -0.39 is 0 Å². The molecule has 176 valence electrons. The molecule has 0 spiro atoms. The number of carbonyl (C=O) groups excluding carboxylic acids is 1. The van der Waals surface area contributed by atoms with Crippen LogP contribution in [0.3, 0.4) is 0 Å². The van der Waals surface area contributed by atoms with Gasteiger partial charge in [0.1, 0.15) is 5.82 Å². The molecule has 1 aromatic heterocycles. The fraction of sp³-hybridized carbons (Fsp3) is 0.346. The molecule has 2 aliphatic rings. The molecule has 1 unspecified atom stereocenters. The second kappa shape index (κ2) is 10.5. The van der Waals surface area contributed by atoms with Gasteiger partial charge in [0, 0.05) is 25.3 Å². The van der Waals surface area contributed by atoms with Crippen LogP contribution in [0, 0.1) is 5.82 Å². The van der Waals surface area contributed by atoms with Crippen molar-refractivity contribution in [1.29, 1.82) is 0 Å². The normalized spacial score (nSPS) is 18.2. The van der Waals surface area contributed by atoms with Gasteiger partial charge in [0.25, 0.3) is 0 Å². The monoisotopic (exact) mass is 478 g/mol. The Labute approximate surface area is 202 Å². The van der Waals surface area contributed by atoms with Crippen LogP contribution >= 0.6 is 11.8 Å². The number of amides is 1. The van der Waals surface area contributed by atoms with E-state index in [-0.39, 0.29) is 17.8 Å². The number of hydrogen-bond acceptors (Lipinski definition) is 5. The van der Waals surface area contributed by atoms with Gasteiger partial charge in [-0.3, -0.25) is 9.36 Å². The third-order valence-electron chi connectivity index (χ3n) is 6.26. The highest BCUT2D eigenvalue weighted by Gasteiger charge is 2.24. The maximum atomic E-state index is 13.4. The number of ether oxygens (including phenoxy) is 1. The first-order chi connectivity index (χ1) is 16.7. The molecule has 6 nitrogen and oxygen atoms in total. The van der Waals surface area contributed by atoms with Gasteiger partial charge in [0.15, 0.2) is 11.0 Å². The molecule has 2 aliphatic heterocycles. The number of hydrogen-bond donors (Lipinski definition) is 0. The van der Waals surface area contributed by atoms with Crippen LogP contribution < -0.4 is 0 Å². The summed E-state index contributed by atoms with van der Waals surface area (Å²) in [5.41, 5.74) is 3.30. The van der Waals surface area contributed by atoms with Crippen molar-refractivity contribution in [2.75, 3.05) is 25.4 Å². The van der Waals surface area contributed by atoms with E-state index >= 15 is 0 Å². The van der Waals surface area contributed by atoms with Crippen molar-refractivity contribution in [3.63, 3.8) is 0 Å². The average molecular weight is 479 g/mol. The lowest BCUT2D eigenvalue weighted by atomic mass is 10.00. The molecule has 8 heteroatoms. The summed E-state index contributed by atoms with van der Waals surface area (Å²) in [5.74, 6) is 0.754. The summed E-state index contributed by atoms with van der Waals surface area (Å²) in [6.45, 7) is 2.70. The van der Waals surface area contributed by atoms with Gasteiger partial charge >= 0.3 is 0 Å². The SMILES string of the molecule is O=C(CSc1nnc(-c2ccc(F)cc2)n1CC1CCCO1)N1CC=C(c2ccccc2)CC1. The summed E-state index contributed by atoms with van der Waals surface area (Å²) in [6.07, 6.45) is 5.10. The molecule has 0 bridgehead atoms. The van der Waals surface area contributed by atoms with Crippen molar-refractivity contribution in [3.05, 3.63) is 72.1 Å². The van der Waals surface area contributed by atoms with E-state index in [1.54, 1.807) is 12.1 Å². The van der Waals surface area contributed by atoms with Crippen LogP contribution in [-0.4, -0.2) is 57.1 Å². The smallest absolute Gasteiger partial charge is 0.233 e. The fourth-order valence-corrected chi connectivity index (χ4v) is 5.24. The number of rotatable bonds is 7. The molecule has 0 N–H and O–H groups in total. The molecule has 3 aromatic rings. The second-order valence-corrected chi connectivity index (χ2v) is 9.48. The molecular formula is C26H27FN4O2S. The van der Waals surface area contributed by atoms with Crippen LogP contribution in [0.15, 0.2) is 65.8 Å². The van der Waals surface area contributed by atoms with Crippen molar-refractivity contribution < 1.29 is 13.9 Å². The van der Waals surface area contributed by atoms with Crippen molar-refractivity contribution >= 4 is 23.2 Å². The zero-order chi connectivity index (χ0) is 23.3. The first-order valence-electron chi connectivity index (χ1n) is 11.6. The average Bonchev–Trinajstić information content (AvgIpc) is 3.54. The van der Waals surface area contributed by atoms with E-state index in [9.17, 15) is 9.18 Å². The Morgan fingerprint density at radius 1 is 1.09 bits per heavy atom. The van der Waals surface area contributed by atoms with Crippen LogP contribution in [0.25, 0.3) is 17.0 Å². The summed E-state index contributed by atoms with van der Waals surface area (Å²) in [4.78, 5) is 14.8. The molecule has 3 heterocycles. The van der Waals surface area contributed by atoms with Crippen LogP contribution in [-0.2, 0) is 16.1 Å². The molecule has 1 atom stereocenters. The highest BCUT2D eigenvalue weighted by Crippen LogP contribution is 2.28. The molecule has 1 fully saturated rings. The molecule has 5 rings (SSSR count). The molecule has 1 amide bonds. The van der Waals surface area contributed by atoms with Gasteiger partial charge in [-0.15, -0.1) is 10.2 Å². The van der Waals surface area contributed by atoms with Gasteiger partial charge in [-0.25, -0.2) is 4.39 Å². The number of halogens is 1. The zero-order valence-electron chi connectivity index (χ0n) is 18.9. The second-order valence-electron chi connectivity index (χ2n) is 8.53. The zero-order valence-corrected chi connectivity index (χ0v) is 19.7. The lowest BCUT2D eigenvalue weighted by Crippen LogP contribution is -2.36. The number of carbonyl (C=O) groups is 1. The molecule has 0 radical (unpaired) electrons. The minimum absolute atomic E-state index is 0.0864. The predicted molar refractivity (Wildman–Crippen MR) is 131 cm³/mol. The van der Waals surface area contributed by atoms with Crippen LogP contribution in [0.5, 0.6) is 0 Å². The Kier molecular flexibility index (Phi) is 7.06. The third kappa shape index (κ3) is 5.23. The topological polar surface area (TPSA) is 60.3 Å². The highest BCUT2D eigenvalue weighted by molar-refractivity contribution is 7.99. The summed E-state index contributed by atoms with van der Waals surface area (Å²) < 4.78 is 21.3. The quantitative estimate of drug-likeness (QED) is 0.462. The number of benzene rings is 2. The maximum absolute atomic E-state index is 13.4. The summed E-state index contributed by atoms with van der Waals surface area (Å²) in [6, 6.07) is 16.6. The van der Waals surface area contributed by atoms with Gasteiger partial charge < -0.3 is 9.64 Å². The molecule has 0 aliphatic carbocycles. The van der Waals surface area contributed by atoms with Crippen molar-refractivity contribution in [1.82, 2.24) is 19.7 Å². The molecule has 0 saturated carbocycles. The Hall–Kier alpha value is -2.97. The van der Waals surface area contributed by atoms with Gasteiger partial charge in [-0.05, 0) is 54.7 Å². The predicted octanol–water partition coefficient (Wildman–Crippen LogP) is 4.67. The number of aromatic nitrogens is 3. The van der Waals surface area contributed by atoms with Gasteiger partial charge in [0.05, 0.1) is 18.4 Å². The molecule has 34 heavy (non-hydrogen) atoms. The van der Waals surface area contributed by atoms with E-state index in [0.29, 0.717) is 36.4 Å². The summed E-state index contributed by atoms with van der Waals surface area (Å²) >= 11 is 1.40. The van der Waals surface area contributed by atoms with Crippen LogP contribution in [0.2, 0.25) is 0 Å². The Morgan fingerprint density at radius 3 is 2.62 bits per heavy atom. The minimum atomic E-state index is -0.292. The molecule has 2 aromatic carbocycles. The lowest BCUT2D eigenvalue weighted by Gasteiger charge is -2.26. The first-order valence-corrected chi connectivity index (χ1v) is 12.6. The van der Waals surface area contributed by atoms with Crippen LogP contribution in [0.1, 0.15) is 24.8 Å². The summed E-state index contributed by atoms with van der Waals surface area (Å²) in [7, 11) is 0. The van der Waals surface area contributed by atoms with Crippen molar-refractivity contribution in [2.24, 2.45) is 0 Å². The van der Waals surface area contributed by atoms with Crippen LogP contribution in [0.4, 0.5) is 4.39 Å². The number of thioether (sulfide) groups is 1. The Morgan fingerprint density at radius 2 is 1.91 bits per heavy atom. The fourth-order valence-electron chi connectivity index (χ4n) is 4.39. The van der Waals surface area contributed by atoms with Gasteiger partial charge in [-0.2, -0.15) is 0 Å². The van der Waals surface area contributed by atoms with E-state index in [1.165, 1.54) is 35.0 Å². The number of nitrogens with zero attached hydrogens (tertiary/aromatic N) is 4. The van der Waals surface area contributed by atoms with E-state index in [1.807, 2.05) is 27.7 Å². The van der Waals surface area contributed by atoms with Crippen molar-refractivity contribution in [3.8, 4) is 11.4 Å². The van der Waals surface area contributed by atoms with Crippen molar-refractivity contribution in [2.45, 2.75) is 37.1 Å². The lowest BCUT2D eigenvalue weighted by molar-refractivity contribution is -0.127. The standard InChI is InChI=1S/C26H27FN4O2S/c27-22-10-8-21(9-11-22)25-28-29-26(31(25)17-23-7-4-16-33-23)34-18-24(32)30-14-12-20(13-15-30)19-5-2-1-3-6-19/h1-3,5-6,8-12,23H,4,7,13-18H2. The Balaban J connectivity index is 1.27. The van der Waals surface area contributed by atoms with Gasteiger partial charge in [-0.1, -0.05) is 48.2 Å². The largest absolute Gasteiger partial charge is 0.376 e. The maximum Gasteiger partial charge on any atom is 0.233 e. The molecular weight excluding hydrogens is 451 g/mol. The highest BCUT2D eigenvalue weighted by atomic mass is 32.2. The Bertz CT molecular complexity index is 1160.